The van der Waals surface area contributed by atoms with Gasteiger partial charge in [-0.1, -0.05) is 16.1 Å². The second kappa shape index (κ2) is 6.55. The van der Waals surface area contributed by atoms with Crippen LogP contribution in [0.2, 0.25) is 4.34 Å². The molecule has 3 heterocycles. The zero-order valence-electron chi connectivity index (χ0n) is 11.3. The number of nitrogens with zero attached hydrogens (tertiary/aromatic N) is 3. The number of carbonyl (C=O) groups is 1. The van der Waals surface area contributed by atoms with Crippen LogP contribution in [-0.2, 0) is 17.9 Å². The van der Waals surface area contributed by atoms with Crippen LogP contribution >= 0.6 is 23.1 Å². The van der Waals surface area contributed by atoms with E-state index in [1.54, 1.807) is 12.3 Å². The van der Waals surface area contributed by atoms with Gasteiger partial charge in [-0.2, -0.15) is 0 Å². The van der Waals surface area contributed by atoms with E-state index in [-0.39, 0.29) is 11.9 Å². The number of aromatic nitrogens is 2. The molecule has 0 spiro atoms. The fourth-order valence-corrected chi connectivity index (χ4v) is 3.11. The van der Waals surface area contributed by atoms with Crippen molar-refractivity contribution in [2.45, 2.75) is 32.0 Å². The molecule has 1 N–H and O–H groups in total. The number of nitrogens with one attached hydrogen (secondary N) is 1. The van der Waals surface area contributed by atoms with Crippen LogP contribution in [0.3, 0.4) is 0 Å². The molecular weight excluding hydrogens is 312 g/mol. The van der Waals surface area contributed by atoms with E-state index in [9.17, 15) is 4.79 Å². The van der Waals surface area contributed by atoms with Crippen molar-refractivity contribution < 1.29 is 9.21 Å². The number of furan rings is 1. The van der Waals surface area contributed by atoms with Gasteiger partial charge in [0, 0.05) is 18.1 Å². The quantitative estimate of drug-likeness (QED) is 0.910. The molecule has 8 heteroatoms. The van der Waals surface area contributed by atoms with Gasteiger partial charge in [-0.15, -0.1) is 5.10 Å². The summed E-state index contributed by atoms with van der Waals surface area (Å²) in [6.45, 7) is 1.84. The molecule has 6 nitrogen and oxygen atoms in total. The fourth-order valence-electron chi connectivity index (χ4n) is 2.50. The zero-order valence-corrected chi connectivity index (χ0v) is 12.9. The summed E-state index contributed by atoms with van der Waals surface area (Å²) in [5.41, 5.74) is 0.743. The van der Waals surface area contributed by atoms with Crippen LogP contribution in [-0.4, -0.2) is 33.0 Å². The molecule has 1 aliphatic heterocycles. The van der Waals surface area contributed by atoms with Gasteiger partial charge in [-0.3, -0.25) is 9.69 Å². The molecule has 0 aliphatic carbocycles. The first-order valence-electron chi connectivity index (χ1n) is 6.75. The minimum atomic E-state index is -0.141. The van der Waals surface area contributed by atoms with Crippen LogP contribution in [0.4, 0.5) is 0 Å². The van der Waals surface area contributed by atoms with E-state index >= 15 is 0 Å². The third-order valence-electron chi connectivity index (χ3n) is 3.55. The second-order valence-electron chi connectivity index (χ2n) is 4.92. The Morgan fingerprint density at radius 2 is 2.52 bits per heavy atom. The van der Waals surface area contributed by atoms with Crippen LogP contribution in [0.25, 0.3) is 0 Å². The standard InChI is InChI=1S/C13H15ClN4O2S/c14-12-10(16-17-21-12)8-18-5-1-4-11(18)13(19)15-7-9-3-2-6-20-9/h2-3,6,11H,1,4-5,7-8H2,(H,15,19)/t11-/m1/s1. The molecule has 1 fully saturated rings. The van der Waals surface area contributed by atoms with Gasteiger partial charge < -0.3 is 9.73 Å². The third kappa shape index (κ3) is 3.42. The van der Waals surface area contributed by atoms with Crippen molar-refractivity contribution in [1.82, 2.24) is 19.8 Å². The molecule has 0 bridgehead atoms. The van der Waals surface area contributed by atoms with Gasteiger partial charge in [0.05, 0.1) is 18.8 Å². The molecule has 1 aliphatic rings. The minimum absolute atomic E-state index is 0.0169. The Morgan fingerprint density at radius 3 is 3.24 bits per heavy atom. The van der Waals surface area contributed by atoms with Gasteiger partial charge in [0.2, 0.25) is 5.91 Å². The summed E-state index contributed by atoms with van der Waals surface area (Å²) in [4.78, 5) is 14.4. The number of likely N-dealkylation sites (tertiary alicyclic amines) is 1. The smallest absolute Gasteiger partial charge is 0.237 e. The molecular formula is C13H15ClN4O2S. The monoisotopic (exact) mass is 326 g/mol. The maximum Gasteiger partial charge on any atom is 0.237 e. The van der Waals surface area contributed by atoms with Gasteiger partial charge in [0.15, 0.2) is 0 Å². The predicted molar refractivity (Wildman–Crippen MR) is 78.9 cm³/mol. The zero-order chi connectivity index (χ0) is 14.7. The highest BCUT2D eigenvalue weighted by Crippen LogP contribution is 2.24. The van der Waals surface area contributed by atoms with E-state index in [2.05, 4.69) is 19.8 Å². The summed E-state index contributed by atoms with van der Waals surface area (Å²) in [7, 11) is 0. The van der Waals surface area contributed by atoms with Crippen LogP contribution in [0.1, 0.15) is 24.3 Å². The highest BCUT2D eigenvalue weighted by atomic mass is 35.5. The minimum Gasteiger partial charge on any atom is -0.467 e. The van der Waals surface area contributed by atoms with Crippen LogP contribution in [0.5, 0.6) is 0 Å². The second-order valence-corrected chi connectivity index (χ2v) is 6.28. The lowest BCUT2D eigenvalue weighted by atomic mass is 10.2. The molecule has 0 unspecified atom stereocenters. The van der Waals surface area contributed by atoms with E-state index in [1.807, 2.05) is 6.07 Å². The molecule has 0 saturated carbocycles. The molecule has 112 valence electrons. The summed E-state index contributed by atoms with van der Waals surface area (Å²) in [5.74, 6) is 0.767. The van der Waals surface area contributed by atoms with Gasteiger partial charge in [-0.25, -0.2) is 0 Å². The normalized spacial score (nSPS) is 19.0. The van der Waals surface area contributed by atoms with Crippen LogP contribution < -0.4 is 5.32 Å². The molecule has 1 saturated heterocycles. The largest absolute Gasteiger partial charge is 0.467 e. The molecule has 1 amide bonds. The van der Waals surface area contributed by atoms with E-state index in [0.29, 0.717) is 17.4 Å². The first-order valence-corrected chi connectivity index (χ1v) is 7.90. The van der Waals surface area contributed by atoms with Crippen molar-refractivity contribution in [3.63, 3.8) is 0 Å². The van der Waals surface area contributed by atoms with Gasteiger partial charge in [0.25, 0.3) is 0 Å². The highest BCUT2D eigenvalue weighted by Gasteiger charge is 2.31. The summed E-state index contributed by atoms with van der Waals surface area (Å²) < 4.78 is 9.63. The Labute approximate surface area is 131 Å². The molecule has 3 rings (SSSR count). The van der Waals surface area contributed by atoms with Crippen LogP contribution in [0.15, 0.2) is 22.8 Å². The number of halogens is 1. The Kier molecular flexibility index (Phi) is 4.52. The van der Waals surface area contributed by atoms with E-state index in [4.69, 9.17) is 16.0 Å². The summed E-state index contributed by atoms with van der Waals surface area (Å²) in [6, 6.07) is 3.51. The lowest BCUT2D eigenvalue weighted by molar-refractivity contribution is -0.125. The SMILES string of the molecule is O=C(NCc1ccco1)[C@H]1CCCN1Cc1nnsc1Cl. The van der Waals surface area contributed by atoms with E-state index in [0.717, 1.165) is 30.8 Å². The van der Waals surface area contributed by atoms with E-state index < -0.39 is 0 Å². The average molecular weight is 327 g/mol. The summed E-state index contributed by atoms with van der Waals surface area (Å²) in [6.07, 6.45) is 3.44. The summed E-state index contributed by atoms with van der Waals surface area (Å²) >= 11 is 7.20. The summed E-state index contributed by atoms with van der Waals surface area (Å²) in [5, 5.41) is 6.92. The fraction of sp³-hybridized carbons (Fsp3) is 0.462. The Balaban J connectivity index is 1.58. The van der Waals surface area contributed by atoms with Crippen molar-refractivity contribution in [3.8, 4) is 0 Å². The maximum absolute atomic E-state index is 12.3. The molecule has 21 heavy (non-hydrogen) atoms. The van der Waals surface area contributed by atoms with Crippen molar-refractivity contribution in [3.05, 3.63) is 34.2 Å². The molecule has 0 aromatic carbocycles. The Hall–Kier alpha value is -1.44. The van der Waals surface area contributed by atoms with Crippen molar-refractivity contribution in [2.24, 2.45) is 0 Å². The third-order valence-corrected chi connectivity index (χ3v) is 4.53. The average Bonchev–Trinajstić information content (AvgIpc) is 3.20. The highest BCUT2D eigenvalue weighted by molar-refractivity contribution is 7.10. The molecule has 1 atom stereocenters. The van der Waals surface area contributed by atoms with E-state index in [1.165, 1.54) is 11.5 Å². The molecule has 2 aromatic rings. The van der Waals surface area contributed by atoms with Crippen LogP contribution in [0, 0.1) is 0 Å². The number of rotatable bonds is 5. The van der Waals surface area contributed by atoms with Gasteiger partial charge in [0.1, 0.15) is 15.8 Å². The van der Waals surface area contributed by atoms with Gasteiger partial charge in [-0.05, 0) is 31.5 Å². The lowest BCUT2D eigenvalue weighted by Gasteiger charge is -2.22. The predicted octanol–water partition coefficient (Wildman–Crippen LogP) is 2.07. The lowest BCUT2D eigenvalue weighted by Crippen LogP contribution is -2.42. The maximum atomic E-state index is 12.3. The molecule has 0 radical (unpaired) electrons. The number of carbonyl (C=O) groups excluding carboxylic acids is 1. The Morgan fingerprint density at radius 1 is 1.62 bits per heavy atom. The first-order chi connectivity index (χ1) is 10.2. The van der Waals surface area contributed by atoms with Crippen molar-refractivity contribution >= 4 is 29.0 Å². The van der Waals surface area contributed by atoms with Gasteiger partial charge >= 0.3 is 0 Å². The topological polar surface area (TPSA) is 71.3 Å². The Bertz CT molecular complexity index is 601. The molecule has 2 aromatic heterocycles. The first kappa shape index (κ1) is 14.5. The number of hydrogen-bond acceptors (Lipinski definition) is 6. The van der Waals surface area contributed by atoms with Crippen molar-refractivity contribution in [1.29, 1.82) is 0 Å². The number of hydrogen-bond donors (Lipinski definition) is 1. The van der Waals surface area contributed by atoms with Crippen molar-refractivity contribution in [2.75, 3.05) is 6.54 Å². The number of amides is 1.